The monoisotopic (exact) mass is 349 g/mol. The van der Waals surface area contributed by atoms with Gasteiger partial charge in [0, 0.05) is 17.1 Å². The molecule has 26 heavy (non-hydrogen) atoms. The molecule has 3 aromatic rings. The number of aryl methyl sites for hydroxylation is 3. The summed E-state index contributed by atoms with van der Waals surface area (Å²) in [5.74, 6) is 0.800. The van der Waals surface area contributed by atoms with Crippen molar-refractivity contribution in [2.45, 2.75) is 40.2 Å². The molecule has 0 N–H and O–H groups in total. The Morgan fingerprint density at radius 3 is 2.69 bits per heavy atom. The molecule has 4 nitrogen and oxygen atoms in total. The van der Waals surface area contributed by atoms with Crippen LogP contribution < -0.4 is 15.3 Å². The first-order chi connectivity index (χ1) is 12.6. The molecule has 1 aromatic heterocycles. The van der Waals surface area contributed by atoms with Gasteiger partial charge in [-0.3, -0.25) is 0 Å². The first-order valence-electron chi connectivity index (χ1n) is 9.10. The van der Waals surface area contributed by atoms with E-state index in [0.29, 0.717) is 18.9 Å². The van der Waals surface area contributed by atoms with Crippen LogP contribution in [0.15, 0.2) is 45.6 Å². The topological polar surface area (TPSA) is 42.7 Å². The lowest BCUT2D eigenvalue weighted by atomic mass is 10.0. The van der Waals surface area contributed by atoms with Crippen molar-refractivity contribution >= 4 is 16.7 Å². The number of rotatable bonds is 3. The van der Waals surface area contributed by atoms with E-state index >= 15 is 0 Å². The lowest BCUT2D eigenvalue weighted by Gasteiger charge is -2.31. The molecule has 1 aliphatic heterocycles. The average Bonchev–Trinajstić information content (AvgIpc) is 2.63. The van der Waals surface area contributed by atoms with E-state index in [1.165, 1.54) is 11.1 Å². The number of benzene rings is 2. The summed E-state index contributed by atoms with van der Waals surface area (Å²) in [7, 11) is 0. The lowest BCUT2D eigenvalue weighted by molar-refractivity contribution is 0.289. The number of hydrogen-bond acceptors (Lipinski definition) is 4. The third-order valence-corrected chi connectivity index (χ3v) is 5.16. The van der Waals surface area contributed by atoms with Crippen LogP contribution in [-0.4, -0.2) is 6.73 Å². The van der Waals surface area contributed by atoms with E-state index in [0.717, 1.165) is 40.8 Å². The first kappa shape index (κ1) is 16.7. The standard InChI is InChI=1S/C22H23NO3/c1-4-5-16-11-21(24)26-22-18(16)8-9-20-19(22)12-23(13-25-20)17-7-6-14(2)15(3)10-17/h6-11H,4-5,12-13H2,1-3H3. The van der Waals surface area contributed by atoms with Crippen LogP contribution in [0.1, 0.15) is 35.6 Å². The van der Waals surface area contributed by atoms with E-state index in [1.54, 1.807) is 6.07 Å². The molecule has 0 bridgehead atoms. The van der Waals surface area contributed by atoms with Gasteiger partial charge in [0.2, 0.25) is 0 Å². The predicted octanol–water partition coefficient (Wildman–Crippen LogP) is 4.72. The summed E-state index contributed by atoms with van der Waals surface area (Å²) >= 11 is 0. The summed E-state index contributed by atoms with van der Waals surface area (Å²) in [6, 6.07) is 12.0. The highest BCUT2D eigenvalue weighted by Crippen LogP contribution is 2.35. The van der Waals surface area contributed by atoms with Gasteiger partial charge in [0.05, 0.1) is 12.1 Å². The molecule has 134 valence electrons. The fourth-order valence-corrected chi connectivity index (χ4v) is 3.56. The Labute approximate surface area is 153 Å². The number of anilines is 1. The van der Waals surface area contributed by atoms with Crippen LogP contribution in [0.5, 0.6) is 5.75 Å². The van der Waals surface area contributed by atoms with Crippen molar-refractivity contribution in [3.8, 4) is 5.75 Å². The highest BCUT2D eigenvalue weighted by atomic mass is 16.5. The van der Waals surface area contributed by atoms with Gasteiger partial charge in [-0.25, -0.2) is 4.79 Å². The highest BCUT2D eigenvalue weighted by molar-refractivity contribution is 5.85. The maximum Gasteiger partial charge on any atom is 0.336 e. The van der Waals surface area contributed by atoms with Gasteiger partial charge in [0.1, 0.15) is 11.3 Å². The third-order valence-electron chi connectivity index (χ3n) is 5.16. The van der Waals surface area contributed by atoms with Gasteiger partial charge in [-0.15, -0.1) is 0 Å². The van der Waals surface area contributed by atoms with Gasteiger partial charge in [-0.05, 0) is 61.2 Å². The average molecular weight is 349 g/mol. The van der Waals surface area contributed by atoms with Crippen LogP contribution in [-0.2, 0) is 13.0 Å². The van der Waals surface area contributed by atoms with Crippen molar-refractivity contribution in [3.05, 3.63) is 69.1 Å². The molecule has 0 amide bonds. The minimum atomic E-state index is -0.294. The molecular formula is C22H23NO3. The maximum atomic E-state index is 12.1. The van der Waals surface area contributed by atoms with Crippen LogP contribution in [0.4, 0.5) is 5.69 Å². The second kappa shape index (κ2) is 6.52. The molecule has 1 aliphatic rings. The van der Waals surface area contributed by atoms with Gasteiger partial charge in [0.15, 0.2) is 6.73 Å². The van der Waals surface area contributed by atoms with Crippen molar-refractivity contribution in [1.29, 1.82) is 0 Å². The Bertz CT molecular complexity index is 1040. The fraction of sp³-hybridized carbons (Fsp3) is 0.318. The second-order valence-electron chi connectivity index (χ2n) is 7.00. The largest absolute Gasteiger partial charge is 0.473 e. The first-order valence-corrected chi connectivity index (χ1v) is 9.10. The van der Waals surface area contributed by atoms with E-state index in [9.17, 15) is 4.79 Å². The quantitative estimate of drug-likeness (QED) is 0.642. The van der Waals surface area contributed by atoms with E-state index in [2.05, 4.69) is 43.9 Å². The minimum absolute atomic E-state index is 0.294. The fourth-order valence-electron chi connectivity index (χ4n) is 3.56. The molecule has 4 rings (SSSR count). The molecule has 0 unspecified atom stereocenters. The Morgan fingerprint density at radius 2 is 1.92 bits per heavy atom. The minimum Gasteiger partial charge on any atom is -0.473 e. The van der Waals surface area contributed by atoms with Crippen LogP contribution >= 0.6 is 0 Å². The smallest absolute Gasteiger partial charge is 0.336 e. The molecule has 0 spiro atoms. The molecule has 0 radical (unpaired) electrons. The number of ether oxygens (including phenoxy) is 1. The molecule has 0 fully saturated rings. The Morgan fingerprint density at radius 1 is 1.08 bits per heavy atom. The zero-order chi connectivity index (χ0) is 18.3. The highest BCUT2D eigenvalue weighted by Gasteiger charge is 2.22. The molecule has 0 saturated heterocycles. The van der Waals surface area contributed by atoms with E-state index in [4.69, 9.17) is 9.15 Å². The van der Waals surface area contributed by atoms with E-state index in [-0.39, 0.29) is 5.63 Å². The summed E-state index contributed by atoms with van der Waals surface area (Å²) in [4.78, 5) is 14.2. The summed E-state index contributed by atoms with van der Waals surface area (Å²) < 4.78 is 11.6. The summed E-state index contributed by atoms with van der Waals surface area (Å²) in [6.07, 6.45) is 1.85. The molecule has 0 aliphatic carbocycles. The maximum absolute atomic E-state index is 12.1. The van der Waals surface area contributed by atoms with Gasteiger partial charge < -0.3 is 14.1 Å². The van der Waals surface area contributed by atoms with Crippen LogP contribution in [0.3, 0.4) is 0 Å². The van der Waals surface area contributed by atoms with Crippen molar-refractivity contribution in [1.82, 2.24) is 0 Å². The predicted molar refractivity (Wildman–Crippen MR) is 104 cm³/mol. The zero-order valence-corrected chi connectivity index (χ0v) is 15.5. The van der Waals surface area contributed by atoms with Gasteiger partial charge in [-0.1, -0.05) is 19.4 Å². The number of hydrogen-bond donors (Lipinski definition) is 0. The SMILES string of the molecule is CCCc1cc(=O)oc2c3c(ccc12)OCN(c1ccc(C)c(C)c1)C3. The van der Waals surface area contributed by atoms with Crippen molar-refractivity contribution in [2.24, 2.45) is 0 Å². The van der Waals surface area contributed by atoms with Gasteiger partial charge in [-0.2, -0.15) is 0 Å². The Balaban J connectivity index is 1.81. The summed E-state index contributed by atoms with van der Waals surface area (Å²) in [6.45, 7) is 7.48. The Hall–Kier alpha value is -2.75. The number of fused-ring (bicyclic) bond motifs is 3. The Kier molecular flexibility index (Phi) is 4.19. The van der Waals surface area contributed by atoms with Crippen LogP contribution in [0, 0.1) is 13.8 Å². The zero-order valence-electron chi connectivity index (χ0n) is 15.5. The van der Waals surface area contributed by atoms with Crippen LogP contribution in [0.25, 0.3) is 11.0 Å². The summed E-state index contributed by atoms with van der Waals surface area (Å²) in [5.41, 5.74) is 6.00. The summed E-state index contributed by atoms with van der Waals surface area (Å²) in [5, 5.41) is 1.01. The molecule has 4 heteroatoms. The molecule has 0 atom stereocenters. The van der Waals surface area contributed by atoms with Gasteiger partial charge >= 0.3 is 5.63 Å². The van der Waals surface area contributed by atoms with Crippen molar-refractivity contribution in [2.75, 3.05) is 11.6 Å². The third kappa shape index (κ3) is 2.85. The van der Waals surface area contributed by atoms with Crippen LogP contribution in [0.2, 0.25) is 0 Å². The molecule has 0 saturated carbocycles. The van der Waals surface area contributed by atoms with Crippen molar-refractivity contribution < 1.29 is 9.15 Å². The van der Waals surface area contributed by atoms with E-state index in [1.807, 2.05) is 12.1 Å². The lowest BCUT2D eigenvalue weighted by Crippen LogP contribution is -2.32. The van der Waals surface area contributed by atoms with Gasteiger partial charge in [0.25, 0.3) is 0 Å². The molecular weight excluding hydrogens is 326 g/mol. The second-order valence-corrected chi connectivity index (χ2v) is 7.00. The van der Waals surface area contributed by atoms with Crippen molar-refractivity contribution in [3.63, 3.8) is 0 Å². The molecule has 2 heterocycles. The number of nitrogens with zero attached hydrogens (tertiary/aromatic N) is 1. The van der Waals surface area contributed by atoms with E-state index < -0.39 is 0 Å². The molecule has 2 aromatic carbocycles. The normalized spacial score (nSPS) is 13.6.